The van der Waals surface area contributed by atoms with Crippen LogP contribution in [0.1, 0.15) is 31.7 Å². The number of rotatable bonds is 10. The Morgan fingerprint density at radius 2 is 1.83 bits per heavy atom. The van der Waals surface area contributed by atoms with Crippen LogP contribution in [0.3, 0.4) is 0 Å². The van der Waals surface area contributed by atoms with E-state index in [0.717, 1.165) is 39.6 Å². The first kappa shape index (κ1) is 21.8. The second kappa shape index (κ2) is 11.4. The van der Waals surface area contributed by atoms with Crippen LogP contribution in [0, 0.1) is 0 Å². The van der Waals surface area contributed by atoms with Crippen molar-refractivity contribution < 1.29 is 14.3 Å². The van der Waals surface area contributed by atoms with Gasteiger partial charge in [-0.15, -0.1) is 0 Å². The Bertz CT molecular complexity index is 1000. The lowest BCUT2D eigenvalue weighted by Gasteiger charge is -2.09. The summed E-state index contributed by atoms with van der Waals surface area (Å²) in [5.41, 5.74) is 3.35. The third kappa shape index (κ3) is 6.32. The highest BCUT2D eigenvalue weighted by molar-refractivity contribution is 9.10. The van der Waals surface area contributed by atoms with Crippen LogP contribution >= 0.6 is 15.9 Å². The molecule has 1 amide bonds. The van der Waals surface area contributed by atoms with Crippen molar-refractivity contribution in [2.45, 2.75) is 26.2 Å². The number of hydrogen-bond donors (Lipinski definition) is 1. The normalized spacial score (nSPS) is 11.0. The molecule has 0 aliphatic heterocycles. The van der Waals surface area contributed by atoms with Gasteiger partial charge in [0.15, 0.2) is 6.61 Å². The van der Waals surface area contributed by atoms with Crippen molar-refractivity contribution in [3.8, 4) is 11.5 Å². The Hall–Kier alpha value is -2.86. The SMILES string of the molecule is CCCCCOc1ccc(C=NNC(=O)COc2ccc3ccccc3c2Br)cc1. The lowest BCUT2D eigenvalue weighted by molar-refractivity contribution is -0.123. The van der Waals surface area contributed by atoms with Crippen molar-refractivity contribution in [1.82, 2.24) is 5.43 Å². The fraction of sp³-hybridized carbons (Fsp3) is 0.250. The van der Waals surface area contributed by atoms with Gasteiger partial charge in [-0.05, 0) is 69.0 Å². The van der Waals surface area contributed by atoms with Crippen LogP contribution in [0.2, 0.25) is 0 Å². The molecule has 30 heavy (non-hydrogen) atoms. The van der Waals surface area contributed by atoms with Crippen LogP contribution < -0.4 is 14.9 Å². The summed E-state index contributed by atoms with van der Waals surface area (Å²) in [6.45, 7) is 2.77. The number of nitrogens with zero attached hydrogens (tertiary/aromatic N) is 1. The minimum Gasteiger partial charge on any atom is -0.494 e. The second-order valence-corrected chi connectivity index (χ2v) is 7.60. The van der Waals surface area contributed by atoms with E-state index < -0.39 is 0 Å². The van der Waals surface area contributed by atoms with Crippen molar-refractivity contribution in [2.24, 2.45) is 5.10 Å². The standard InChI is InChI=1S/C24H25BrN2O3/c1-2-3-6-15-29-20-12-9-18(10-13-20)16-26-27-23(28)17-30-22-14-11-19-7-4-5-8-21(19)24(22)25/h4-5,7-14,16H,2-3,6,15,17H2,1H3,(H,27,28). The van der Waals surface area contributed by atoms with Gasteiger partial charge in [-0.25, -0.2) is 5.43 Å². The quantitative estimate of drug-likeness (QED) is 0.235. The number of ether oxygens (including phenoxy) is 2. The molecular formula is C24H25BrN2O3. The molecular weight excluding hydrogens is 444 g/mol. The summed E-state index contributed by atoms with van der Waals surface area (Å²) in [6.07, 6.45) is 5.00. The number of carbonyl (C=O) groups excluding carboxylic acids is 1. The molecule has 0 aliphatic rings. The number of carbonyl (C=O) groups is 1. The molecule has 156 valence electrons. The van der Waals surface area contributed by atoms with E-state index in [1.807, 2.05) is 60.7 Å². The van der Waals surface area contributed by atoms with E-state index in [9.17, 15) is 4.79 Å². The van der Waals surface area contributed by atoms with Gasteiger partial charge in [0, 0.05) is 0 Å². The van der Waals surface area contributed by atoms with E-state index in [0.29, 0.717) is 5.75 Å². The molecule has 6 heteroatoms. The predicted molar refractivity (Wildman–Crippen MR) is 124 cm³/mol. The van der Waals surface area contributed by atoms with Crippen LogP contribution in [-0.4, -0.2) is 25.3 Å². The van der Waals surface area contributed by atoms with Gasteiger partial charge in [0.1, 0.15) is 11.5 Å². The van der Waals surface area contributed by atoms with Crippen molar-refractivity contribution in [2.75, 3.05) is 13.2 Å². The molecule has 0 radical (unpaired) electrons. The predicted octanol–water partition coefficient (Wildman–Crippen LogP) is 5.70. The van der Waals surface area contributed by atoms with Crippen molar-refractivity contribution >= 4 is 38.8 Å². The summed E-state index contributed by atoms with van der Waals surface area (Å²) in [5.74, 6) is 1.12. The molecule has 0 atom stereocenters. The van der Waals surface area contributed by atoms with Gasteiger partial charge < -0.3 is 9.47 Å². The van der Waals surface area contributed by atoms with Gasteiger partial charge >= 0.3 is 0 Å². The Labute approximate surface area is 185 Å². The van der Waals surface area contributed by atoms with Gasteiger partial charge in [-0.1, -0.05) is 50.1 Å². The van der Waals surface area contributed by atoms with E-state index in [-0.39, 0.29) is 12.5 Å². The van der Waals surface area contributed by atoms with Crippen LogP contribution in [0.5, 0.6) is 11.5 Å². The Kier molecular flexibility index (Phi) is 8.27. The Morgan fingerprint density at radius 3 is 2.63 bits per heavy atom. The maximum atomic E-state index is 12.0. The fourth-order valence-corrected chi connectivity index (χ4v) is 3.48. The summed E-state index contributed by atoms with van der Waals surface area (Å²) in [4.78, 5) is 12.0. The Balaban J connectivity index is 1.45. The molecule has 0 heterocycles. The molecule has 0 aliphatic carbocycles. The smallest absolute Gasteiger partial charge is 0.277 e. The first-order valence-electron chi connectivity index (χ1n) is 10.0. The first-order valence-corrected chi connectivity index (χ1v) is 10.8. The minimum atomic E-state index is -0.331. The van der Waals surface area contributed by atoms with E-state index in [2.05, 4.69) is 33.4 Å². The van der Waals surface area contributed by atoms with Gasteiger partial charge in [0.05, 0.1) is 17.3 Å². The molecule has 0 aromatic heterocycles. The van der Waals surface area contributed by atoms with Crippen molar-refractivity contribution in [3.05, 3.63) is 70.7 Å². The van der Waals surface area contributed by atoms with Crippen molar-refractivity contribution in [3.63, 3.8) is 0 Å². The van der Waals surface area contributed by atoms with E-state index in [1.54, 1.807) is 6.21 Å². The molecule has 0 spiro atoms. The minimum absolute atomic E-state index is 0.126. The third-order valence-electron chi connectivity index (χ3n) is 4.49. The number of benzene rings is 3. The molecule has 0 saturated carbocycles. The zero-order chi connectivity index (χ0) is 21.2. The molecule has 0 saturated heterocycles. The summed E-state index contributed by atoms with van der Waals surface area (Å²) >= 11 is 3.55. The molecule has 5 nitrogen and oxygen atoms in total. The number of halogens is 1. The fourth-order valence-electron chi connectivity index (χ4n) is 2.87. The molecule has 1 N–H and O–H groups in total. The highest BCUT2D eigenvalue weighted by atomic mass is 79.9. The molecule has 3 aromatic carbocycles. The third-order valence-corrected chi connectivity index (χ3v) is 5.30. The van der Waals surface area contributed by atoms with Crippen LogP contribution in [0.4, 0.5) is 0 Å². The lowest BCUT2D eigenvalue weighted by atomic mass is 10.1. The van der Waals surface area contributed by atoms with Crippen LogP contribution in [-0.2, 0) is 4.79 Å². The zero-order valence-corrected chi connectivity index (χ0v) is 18.5. The van der Waals surface area contributed by atoms with E-state index >= 15 is 0 Å². The highest BCUT2D eigenvalue weighted by Gasteiger charge is 2.08. The molecule has 0 fully saturated rings. The lowest BCUT2D eigenvalue weighted by Crippen LogP contribution is -2.24. The topological polar surface area (TPSA) is 59.9 Å². The van der Waals surface area contributed by atoms with Gasteiger partial charge in [0.25, 0.3) is 5.91 Å². The van der Waals surface area contributed by atoms with E-state index in [4.69, 9.17) is 9.47 Å². The second-order valence-electron chi connectivity index (χ2n) is 6.81. The zero-order valence-electron chi connectivity index (χ0n) is 16.9. The highest BCUT2D eigenvalue weighted by Crippen LogP contribution is 2.32. The molecule has 0 bridgehead atoms. The van der Waals surface area contributed by atoms with Crippen molar-refractivity contribution in [1.29, 1.82) is 0 Å². The first-order chi connectivity index (χ1) is 14.7. The van der Waals surface area contributed by atoms with Gasteiger partial charge in [0.2, 0.25) is 0 Å². The number of nitrogens with one attached hydrogen (secondary N) is 1. The van der Waals surface area contributed by atoms with E-state index in [1.165, 1.54) is 12.8 Å². The summed E-state index contributed by atoms with van der Waals surface area (Å²) in [7, 11) is 0. The van der Waals surface area contributed by atoms with Crippen LogP contribution in [0.25, 0.3) is 10.8 Å². The average molecular weight is 469 g/mol. The molecule has 3 aromatic rings. The molecule has 3 rings (SSSR count). The summed E-state index contributed by atoms with van der Waals surface area (Å²) < 4.78 is 12.1. The average Bonchev–Trinajstić information content (AvgIpc) is 2.77. The maximum absolute atomic E-state index is 12.0. The number of hydrogen-bond acceptors (Lipinski definition) is 4. The molecule has 0 unspecified atom stereocenters. The number of amides is 1. The monoisotopic (exact) mass is 468 g/mol. The number of fused-ring (bicyclic) bond motifs is 1. The van der Waals surface area contributed by atoms with Crippen LogP contribution in [0.15, 0.2) is 70.2 Å². The summed E-state index contributed by atoms with van der Waals surface area (Å²) in [6, 6.07) is 19.4. The number of hydrazone groups is 1. The maximum Gasteiger partial charge on any atom is 0.277 e. The van der Waals surface area contributed by atoms with Gasteiger partial charge in [-0.2, -0.15) is 5.10 Å². The largest absolute Gasteiger partial charge is 0.494 e. The summed E-state index contributed by atoms with van der Waals surface area (Å²) in [5, 5.41) is 6.12. The Morgan fingerprint density at radius 1 is 1.03 bits per heavy atom. The number of unbranched alkanes of at least 4 members (excludes halogenated alkanes) is 2. The van der Waals surface area contributed by atoms with Gasteiger partial charge in [-0.3, -0.25) is 4.79 Å².